The lowest BCUT2D eigenvalue weighted by Crippen LogP contribution is -2.47. The lowest BCUT2D eigenvalue weighted by atomic mass is 10.0. The number of rotatable bonds is 2. The number of aliphatic hydroxyl groups excluding tert-OH is 1. The predicted molar refractivity (Wildman–Crippen MR) is 76.6 cm³/mol. The van der Waals surface area contributed by atoms with Crippen LogP contribution in [-0.4, -0.2) is 35.2 Å². The molecule has 1 aromatic rings. The maximum Gasteiger partial charge on any atom is 0.322 e. The second-order valence-electron chi connectivity index (χ2n) is 4.89. The molecule has 1 aliphatic rings. The highest BCUT2D eigenvalue weighted by Gasteiger charge is 2.26. The molecule has 0 saturated carbocycles. The molecule has 0 spiro atoms. The zero-order chi connectivity index (χ0) is 13.8. The van der Waals surface area contributed by atoms with Crippen molar-refractivity contribution in [2.45, 2.75) is 32.2 Å². The Bertz CT molecular complexity index is 465. The van der Waals surface area contributed by atoms with E-state index in [1.165, 1.54) is 0 Å². The first kappa shape index (κ1) is 14.2. The topological polar surface area (TPSA) is 52.6 Å². The van der Waals surface area contributed by atoms with Gasteiger partial charge in [0.25, 0.3) is 0 Å². The van der Waals surface area contributed by atoms with E-state index in [4.69, 9.17) is 11.6 Å². The van der Waals surface area contributed by atoms with Gasteiger partial charge in [-0.2, -0.15) is 0 Å². The molecule has 2 N–H and O–H groups in total. The zero-order valence-electron chi connectivity index (χ0n) is 11.0. The van der Waals surface area contributed by atoms with Gasteiger partial charge in [-0.25, -0.2) is 4.79 Å². The summed E-state index contributed by atoms with van der Waals surface area (Å²) in [7, 11) is 0. The molecule has 2 rings (SSSR count). The van der Waals surface area contributed by atoms with Crippen LogP contribution in [0, 0.1) is 6.92 Å². The van der Waals surface area contributed by atoms with Crippen LogP contribution in [0.4, 0.5) is 10.5 Å². The van der Waals surface area contributed by atoms with Gasteiger partial charge in [0.15, 0.2) is 0 Å². The van der Waals surface area contributed by atoms with Gasteiger partial charge in [0, 0.05) is 6.54 Å². The van der Waals surface area contributed by atoms with Crippen molar-refractivity contribution in [1.82, 2.24) is 4.90 Å². The van der Waals surface area contributed by atoms with Crippen LogP contribution >= 0.6 is 11.6 Å². The van der Waals surface area contributed by atoms with Gasteiger partial charge in [-0.1, -0.05) is 23.7 Å². The van der Waals surface area contributed by atoms with Crippen molar-refractivity contribution in [3.63, 3.8) is 0 Å². The van der Waals surface area contributed by atoms with Crippen molar-refractivity contribution in [3.05, 3.63) is 28.8 Å². The fourth-order valence-corrected chi connectivity index (χ4v) is 2.56. The number of nitrogens with one attached hydrogen (secondary N) is 1. The van der Waals surface area contributed by atoms with Crippen LogP contribution in [0.5, 0.6) is 0 Å². The molecule has 0 aromatic heterocycles. The second kappa shape index (κ2) is 6.26. The third-order valence-corrected chi connectivity index (χ3v) is 4.03. The molecule has 0 aliphatic carbocycles. The molecule has 2 amide bonds. The first-order chi connectivity index (χ1) is 9.13. The molecule has 4 nitrogen and oxygen atoms in total. The van der Waals surface area contributed by atoms with Crippen molar-refractivity contribution >= 4 is 23.3 Å². The number of amides is 2. The second-order valence-corrected chi connectivity index (χ2v) is 5.27. The molecule has 1 aliphatic heterocycles. The maximum atomic E-state index is 12.2. The lowest BCUT2D eigenvalue weighted by molar-refractivity contribution is 0.115. The van der Waals surface area contributed by atoms with Crippen LogP contribution in [-0.2, 0) is 0 Å². The van der Waals surface area contributed by atoms with Gasteiger partial charge in [-0.3, -0.25) is 0 Å². The van der Waals surface area contributed by atoms with E-state index in [1.807, 2.05) is 19.1 Å². The summed E-state index contributed by atoms with van der Waals surface area (Å²) in [5, 5.41) is 12.7. The monoisotopic (exact) mass is 282 g/mol. The molecule has 5 heteroatoms. The minimum atomic E-state index is -0.189. The average molecular weight is 283 g/mol. The summed E-state index contributed by atoms with van der Waals surface area (Å²) >= 11 is 6.16. The highest BCUT2D eigenvalue weighted by molar-refractivity contribution is 6.34. The first-order valence-electron chi connectivity index (χ1n) is 6.57. The molecule has 1 saturated heterocycles. The summed E-state index contributed by atoms with van der Waals surface area (Å²) in [6, 6.07) is 5.26. The number of urea groups is 1. The number of halogens is 1. The summed E-state index contributed by atoms with van der Waals surface area (Å²) in [5.74, 6) is 0. The Morgan fingerprint density at radius 2 is 2.32 bits per heavy atom. The van der Waals surface area contributed by atoms with E-state index in [9.17, 15) is 9.90 Å². The molecular weight excluding hydrogens is 264 g/mol. The quantitative estimate of drug-likeness (QED) is 0.876. The Hall–Kier alpha value is -1.26. The highest BCUT2D eigenvalue weighted by atomic mass is 35.5. The van der Waals surface area contributed by atoms with Crippen LogP contribution in [0.3, 0.4) is 0 Å². The summed E-state index contributed by atoms with van der Waals surface area (Å²) in [5.41, 5.74) is 1.55. The number of aliphatic hydroxyl groups is 1. The van der Waals surface area contributed by atoms with Crippen molar-refractivity contribution in [2.24, 2.45) is 0 Å². The number of aryl methyl sites for hydroxylation is 1. The number of benzene rings is 1. The molecule has 104 valence electrons. The van der Waals surface area contributed by atoms with Crippen LogP contribution in [0.25, 0.3) is 0 Å². The molecule has 1 fully saturated rings. The largest absolute Gasteiger partial charge is 0.394 e. The molecule has 1 heterocycles. The Kier molecular flexibility index (Phi) is 4.66. The van der Waals surface area contributed by atoms with E-state index < -0.39 is 0 Å². The number of piperidine rings is 1. The third-order valence-electron chi connectivity index (χ3n) is 3.53. The number of likely N-dealkylation sites (tertiary alicyclic amines) is 1. The third kappa shape index (κ3) is 3.19. The summed E-state index contributed by atoms with van der Waals surface area (Å²) < 4.78 is 0. The van der Waals surface area contributed by atoms with Crippen LogP contribution in [0.1, 0.15) is 24.8 Å². The van der Waals surface area contributed by atoms with Gasteiger partial charge in [0.1, 0.15) is 0 Å². The van der Waals surface area contributed by atoms with E-state index in [0.29, 0.717) is 17.3 Å². The number of anilines is 1. The molecule has 1 aromatic carbocycles. The van der Waals surface area contributed by atoms with E-state index in [0.717, 1.165) is 24.8 Å². The van der Waals surface area contributed by atoms with Gasteiger partial charge < -0.3 is 15.3 Å². The molecular formula is C14H19ClN2O2. The van der Waals surface area contributed by atoms with Gasteiger partial charge >= 0.3 is 6.03 Å². The van der Waals surface area contributed by atoms with Crippen LogP contribution in [0.2, 0.25) is 5.02 Å². The molecule has 1 atom stereocenters. The van der Waals surface area contributed by atoms with Crippen LogP contribution in [0.15, 0.2) is 18.2 Å². The first-order valence-corrected chi connectivity index (χ1v) is 6.95. The van der Waals surface area contributed by atoms with Crippen molar-refractivity contribution < 1.29 is 9.90 Å². The van der Waals surface area contributed by atoms with Crippen LogP contribution < -0.4 is 5.32 Å². The van der Waals surface area contributed by atoms with Crippen molar-refractivity contribution in [3.8, 4) is 0 Å². The van der Waals surface area contributed by atoms with E-state index in [2.05, 4.69) is 5.32 Å². The minimum absolute atomic E-state index is 0.00890. The number of carbonyl (C=O) groups excluding carboxylic acids is 1. The van der Waals surface area contributed by atoms with E-state index in [-0.39, 0.29) is 18.7 Å². The summed E-state index contributed by atoms with van der Waals surface area (Å²) in [6.07, 6.45) is 2.89. The zero-order valence-corrected chi connectivity index (χ0v) is 11.8. The summed E-state index contributed by atoms with van der Waals surface area (Å²) in [4.78, 5) is 13.9. The molecule has 0 radical (unpaired) electrons. The maximum absolute atomic E-state index is 12.2. The van der Waals surface area contributed by atoms with Gasteiger partial charge in [0.2, 0.25) is 0 Å². The Morgan fingerprint density at radius 3 is 3.05 bits per heavy atom. The summed E-state index contributed by atoms with van der Waals surface area (Å²) in [6.45, 7) is 2.59. The van der Waals surface area contributed by atoms with Gasteiger partial charge in [-0.15, -0.1) is 0 Å². The van der Waals surface area contributed by atoms with E-state index in [1.54, 1.807) is 11.0 Å². The number of hydrogen-bond acceptors (Lipinski definition) is 2. The minimum Gasteiger partial charge on any atom is -0.394 e. The Morgan fingerprint density at radius 1 is 1.53 bits per heavy atom. The van der Waals surface area contributed by atoms with Gasteiger partial charge in [0.05, 0.1) is 23.4 Å². The highest BCUT2D eigenvalue weighted by Crippen LogP contribution is 2.26. The fraction of sp³-hybridized carbons (Fsp3) is 0.500. The Balaban J connectivity index is 2.09. The standard InChI is InChI=1S/C14H19ClN2O2/c1-10-5-4-7-12(13(10)15)16-14(19)17-8-3-2-6-11(17)9-18/h4-5,7,11,18H,2-3,6,8-9H2,1H3,(H,16,19). The molecule has 19 heavy (non-hydrogen) atoms. The SMILES string of the molecule is Cc1cccc(NC(=O)N2CCCCC2CO)c1Cl. The predicted octanol–water partition coefficient (Wildman–Crippen LogP) is 3.03. The normalized spacial score (nSPS) is 19.3. The van der Waals surface area contributed by atoms with Crippen molar-refractivity contribution in [1.29, 1.82) is 0 Å². The number of carbonyl (C=O) groups is 1. The smallest absolute Gasteiger partial charge is 0.322 e. The van der Waals surface area contributed by atoms with E-state index >= 15 is 0 Å². The average Bonchev–Trinajstić information content (AvgIpc) is 2.43. The number of nitrogens with zero attached hydrogens (tertiary/aromatic N) is 1. The fourth-order valence-electron chi connectivity index (χ4n) is 2.39. The Labute approximate surface area is 118 Å². The number of hydrogen-bond donors (Lipinski definition) is 2. The lowest BCUT2D eigenvalue weighted by Gasteiger charge is -2.34. The molecule has 0 bridgehead atoms. The van der Waals surface area contributed by atoms with Gasteiger partial charge in [-0.05, 0) is 37.8 Å². The van der Waals surface area contributed by atoms with Crippen molar-refractivity contribution in [2.75, 3.05) is 18.5 Å². The molecule has 1 unspecified atom stereocenters.